The summed E-state index contributed by atoms with van der Waals surface area (Å²) in [5, 5.41) is 1.81. The maximum atomic E-state index is 11.2. The van der Waals surface area contributed by atoms with Gasteiger partial charge in [-0.3, -0.25) is 9.59 Å². The average molecular weight is 291 g/mol. The van der Waals surface area contributed by atoms with Crippen molar-refractivity contribution in [3.63, 3.8) is 0 Å². The van der Waals surface area contributed by atoms with Crippen molar-refractivity contribution in [2.24, 2.45) is 10.9 Å². The number of nitrogens with two attached hydrogens (primary N) is 1. The van der Waals surface area contributed by atoms with E-state index < -0.39 is 0 Å². The number of para-hydroxylation sites is 1. The van der Waals surface area contributed by atoms with Crippen LogP contribution >= 0.6 is 0 Å². The Bertz CT molecular complexity index is 497. The molecule has 0 spiro atoms. The molecule has 1 heterocycles. The molecule has 2 rings (SSSR count). The number of amides is 2. The van der Waals surface area contributed by atoms with Gasteiger partial charge >= 0.3 is 0 Å². The summed E-state index contributed by atoms with van der Waals surface area (Å²) in [6.45, 7) is 4.10. The Morgan fingerprint density at radius 2 is 2.14 bits per heavy atom. The summed E-state index contributed by atoms with van der Waals surface area (Å²) in [6.07, 6.45) is 3.75. The SMILES string of the molecule is CC(N)CCc1cccc2c1N(C=O)C(C)C2.O=CN=O. The molecule has 1 aromatic rings. The van der Waals surface area contributed by atoms with Gasteiger partial charge in [0.2, 0.25) is 6.41 Å². The lowest BCUT2D eigenvalue weighted by Gasteiger charge is -2.19. The first-order valence-corrected chi connectivity index (χ1v) is 6.91. The fourth-order valence-corrected chi connectivity index (χ4v) is 2.52. The molecule has 2 atom stereocenters. The largest absolute Gasteiger partial charge is 0.328 e. The van der Waals surface area contributed by atoms with Gasteiger partial charge in [-0.25, -0.2) is 0 Å². The van der Waals surface area contributed by atoms with Crippen LogP contribution in [0.25, 0.3) is 0 Å². The standard InChI is InChI=1S/C14H20N2O.CHNO2/c1-10(15)6-7-12-4-3-5-13-8-11(2)16(9-17)14(12)13;3-1-2-4/h3-5,9-11H,6-8,15H2,1-2H3;1H. The van der Waals surface area contributed by atoms with E-state index in [4.69, 9.17) is 15.4 Å². The molecule has 6 heteroatoms. The summed E-state index contributed by atoms with van der Waals surface area (Å²) in [7, 11) is 0. The Kier molecular flexibility index (Phi) is 6.68. The third-order valence-corrected chi connectivity index (χ3v) is 3.48. The van der Waals surface area contributed by atoms with Gasteiger partial charge in [0.15, 0.2) is 0 Å². The molecule has 6 nitrogen and oxygen atoms in total. The molecule has 0 aliphatic carbocycles. The maximum absolute atomic E-state index is 11.2. The van der Waals surface area contributed by atoms with E-state index in [-0.39, 0.29) is 18.5 Å². The van der Waals surface area contributed by atoms with Gasteiger partial charge in [-0.1, -0.05) is 18.2 Å². The number of hydrogen-bond acceptors (Lipinski definition) is 4. The Morgan fingerprint density at radius 3 is 2.67 bits per heavy atom. The van der Waals surface area contributed by atoms with Crippen LogP contribution in [0.3, 0.4) is 0 Å². The highest BCUT2D eigenvalue weighted by atomic mass is 16.3. The molecule has 2 N–H and O–H groups in total. The minimum absolute atomic E-state index is 0.0556. The van der Waals surface area contributed by atoms with Crippen LogP contribution in [0.2, 0.25) is 0 Å². The lowest BCUT2D eigenvalue weighted by Crippen LogP contribution is -2.28. The normalized spacial score (nSPS) is 17.3. The second-order valence-corrected chi connectivity index (χ2v) is 5.22. The van der Waals surface area contributed by atoms with Crippen molar-refractivity contribution in [3.8, 4) is 0 Å². The molecule has 2 amide bonds. The van der Waals surface area contributed by atoms with E-state index >= 15 is 0 Å². The molecule has 1 aliphatic heterocycles. The second-order valence-electron chi connectivity index (χ2n) is 5.22. The monoisotopic (exact) mass is 291 g/mol. The first kappa shape index (κ1) is 17.0. The van der Waals surface area contributed by atoms with Crippen LogP contribution in [-0.2, 0) is 22.4 Å². The van der Waals surface area contributed by atoms with Gasteiger partial charge in [0.1, 0.15) is 0 Å². The zero-order valence-corrected chi connectivity index (χ0v) is 12.4. The summed E-state index contributed by atoms with van der Waals surface area (Å²) < 4.78 is 0. The summed E-state index contributed by atoms with van der Waals surface area (Å²) in [6, 6.07) is 6.78. The Balaban J connectivity index is 0.000000491. The Hall–Kier alpha value is -2.08. The highest BCUT2D eigenvalue weighted by Gasteiger charge is 2.27. The smallest absolute Gasteiger partial charge is 0.274 e. The number of benzene rings is 1. The van der Waals surface area contributed by atoms with E-state index in [0.717, 1.165) is 31.4 Å². The summed E-state index contributed by atoms with van der Waals surface area (Å²) in [5.41, 5.74) is 9.45. The summed E-state index contributed by atoms with van der Waals surface area (Å²) >= 11 is 0. The number of nitroso groups, excluding NO2 is 1. The van der Waals surface area contributed by atoms with E-state index in [2.05, 4.69) is 25.1 Å². The molecule has 0 aromatic heterocycles. The van der Waals surface area contributed by atoms with Crippen molar-refractivity contribution in [2.75, 3.05) is 4.90 Å². The molecular weight excluding hydrogens is 270 g/mol. The van der Waals surface area contributed by atoms with Crippen LogP contribution in [-0.4, -0.2) is 24.9 Å². The Labute approximate surface area is 124 Å². The average Bonchev–Trinajstić information content (AvgIpc) is 2.80. The van der Waals surface area contributed by atoms with Crippen molar-refractivity contribution in [2.45, 2.75) is 45.2 Å². The molecule has 0 fully saturated rings. The molecule has 1 aromatic carbocycles. The van der Waals surface area contributed by atoms with E-state index in [1.165, 1.54) is 11.1 Å². The summed E-state index contributed by atoms with van der Waals surface area (Å²) in [5.74, 6) is 0. The van der Waals surface area contributed by atoms with Crippen LogP contribution < -0.4 is 10.6 Å². The number of carbonyl (C=O) groups is 2. The lowest BCUT2D eigenvalue weighted by atomic mass is 10.0. The maximum Gasteiger partial charge on any atom is 0.274 e. The molecule has 0 radical (unpaired) electrons. The van der Waals surface area contributed by atoms with Gasteiger partial charge in [-0.05, 0) is 44.2 Å². The second kappa shape index (κ2) is 8.26. The van der Waals surface area contributed by atoms with Gasteiger partial charge in [-0.15, -0.1) is 4.91 Å². The Morgan fingerprint density at radius 1 is 1.48 bits per heavy atom. The number of rotatable bonds is 5. The van der Waals surface area contributed by atoms with Crippen molar-refractivity contribution in [1.82, 2.24) is 0 Å². The lowest BCUT2D eigenvalue weighted by molar-refractivity contribution is -0.108. The quantitative estimate of drug-likeness (QED) is 0.661. The fourth-order valence-electron chi connectivity index (χ4n) is 2.52. The zero-order valence-electron chi connectivity index (χ0n) is 12.4. The van der Waals surface area contributed by atoms with Gasteiger partial charge < -0.3 is 10.6 Å². The highest BCUT2D eigenvalue weighted by Crippen LogP contribution is 2.34. The minimum atomic E-state index is -0.0556. The third kappa shape index (κ3) is 4.46. The van der Waals surface area contributed by atoms with E-state index in [1.807, 2.05) is 11.8 Å². The topological polar surface area (TPSA) is 92.8 Å². The minimum Gasteiger partial charge on any atom is -0.328 e. The van der Waals surface area contributed by atoms with E-state index in [0.29, 0.717) is 0 Å². The van der Waals surface area contributed by atoms with Crippen LogP contribution in [0.1, 0.15) is 31.4 Å². The molecule has 114 valence electrons. The number of anilines is 1. The molecular formula is C15H21N3O3. The fraction of sp³-hybridized carbons (Fsp3) is 0.467. The van der Waals surface area contributed by atoms with Crippen LogP contribution in [0.4, 0.5) is 5.69 Å². The highest BCUT2D eigenvalue weighted by molar-refractivity contribution is 5.82. The number of aryl methyl sites for hydroxylation is 1. The molecule has 0 bridgehead atoms. The van der Waals surface area contributed by atoms with Crippen molar-refractivity contribution < 1.29 is 9.59 Å². The predicted octanol–water partition coefficient (Wildman–Crippen LogP) is 1.78. The van der Waals surface area contributed by atoms with Gasteiger partial charge in [0, 0.05) is 17.3 Å². The first-order chi connectivity index (χ1) is 10.0. The molecule has 21 heavy (non-hydrogen) atoms. The number of carbonyl (C=O) groups excluding carboxylic acids is 2. The molecule has 0 saturated carbocycles. The van der Waals surface area contributed by atoms with Gasteiger partial charge in [0.05, 0.1) is 5.69 Å². The van der Waals surface area contributed by atoms with Crippen LogP contribution in [0.15, 0.2) is 23.4 Å². The zero-order chi connectivity index (χ0) is 15.8. The number of nitrogens with zero attached hydrogens (tertiary/aromatic N) is 2. The molecule has 0 saturated heterocycles. The van der Waals surface area contributed by atoms with Crippen LogP contribution in [0.5, 0.6) is 0 Å². The molecule has 2 unspecified atom stereocenters. The molecule has 1 aliphatic rings. The third-order valence-electron chi connectivity index (χ3n) is 3.48. The van der Waals surface area contributed by atoms with Crippen molar-refractivity contribution >= 4 is 18.5 Å². The van der Waals surface area contributed by atoms with Crippen LogP contribution in [0, 0.1) is 4.91 Å². The van der Waals surface area contributed by atoms with Gasteiger partial charge in [0.25, 0.3) is 6.41 Å². The summed E-state index contributed by atoms with van der Waals surface area (Å²) in [4.78, 5) is 30.3. The number of fused-ring (bicyclic) bond motifs is 1. The van der Waals surface area contributed by atoms with E-state index in [9.17, 15) is 4.79 Å². The van der Waals surface area contributed by atoms with Crippen molar-refractivity contribution in [1.29, 1.82) is 0 Å². The predicted molar refractivity (Wildman–Crippen MR) is 82.0 cm³/mol. The van der Waals surface area contributed by atoms with Gasteiger partial charge in [-0.2, -0.15) is 0 Å². The number of hydrogen-bond donors (Lipinski definition) is 1. The van der Waals surface area contributed by atoms with Crippen molar-refractivity contribution in [3.05, 3.63) is 34.2 Å². The first-order valence-electron chi connectivity index (χ1n) is 6.91. The van der Waals surface area contributed by atoms with E-state index in [1.54, 1.807) is 5.18 Å².